The molecule has 0 bridgehead atoms. The summed E-state index contributed by atoms with van der Waals surface area (Å²) in [6, 6.07) is 8.96. The third kappa shape index (κ3) is 5.28. The first-order chi connectivity index (χ1) is 13.4. The quantitative estimate of drug-likeness (QED) is 0.800. The molecule has 2 N–H and O–H groups in total. The monoisotopic (exact) mass is 405 g/mol. The summed E-state index contributed by atoms with van der Waals surface area (Å²) in [5.41, 5.74) is 1.56. The molecule has 3 rings (SSSR count). The zero-order chi connectivity index (χ0) is 20.1. The molecule has 28 heavy (non-hydrogen) atoms. The maximum atomic E-state index is 14.0. The minimum Gasteiger partial charge on any atom is -0.379 e. The van der Waals surface area contributed by atoms with Crippen molar-refractivity contribution in [1.29, 1.82) is 0 Å². The Morgan fingerprint density at radius 1 is 1.18 bits per heavy atom. The highest BCUT2D eigenvalue weighted by Crippen LogP contribution is 2.26. The van der Waals surface area contributed by atoms with E-state index in [1.54, 1.807) is 12.1 Å². The average molecular weight is 406 g/mol. The second kappa shape index (κ2) is 9.14. The Bertz CT molecular complexity index is 865. The van der Waals surface area contributed by atoms with Crippen LogP contribution in [0, 0.1) is 12.7 Å². The second-order valence-electron chi connectivity index (χ2n) is 6.55. The lowest BCUT2D eigenvalue weighted by Crippen LogP contribution is -2.41. The van der Waals surface area contributed by atoms with Gasteiger partial charge >= 0.3 is 0 Å². The molecule has 0 aliphatic carbocycles. The van der Waals surface area contributed by atoms with Crippen LogP contribution in [0.2, 0.25) is 5.02 Å². The molecule has 1 heterocycles. The van der Waals surface area contributed by atoms with Crippen molar-refractivity contribution < 1.29 is 18.7 Å². The smallest absolute Gasteiger partial charge is 0.255 e. The number of nitrogens with one attached hydrogen (secondary N) is 2. The van der Waals surface area contributed by atoms with Crippen LogP contribution in [0.5, 0.6) is 0 Å². The van der Waals surface area contributed by atoms with Crippen LogP contribution >= 0.6 is 11.6 Å². The molecule has 0 aromatic heterocycles. The number of benzene rings is 2. The van der Waals surface area contributed by atoms with Gasteiger partial charge in [-0.2, -0.15) is 0 Å². The van der Waals surface area contributed by atoms with E-state index in [1.807, 2.05) is 17.9 Å². The van der Waals surface area contributed by atoms with E-state index in [0.29, 0.717) is 37.0 Å². The van der Waals surface area contributed by atoms with Crippen LogP contribution in [0.25, 0.3) is 0 Å². The standard InChI is InChI=1S/C20H21ClFN3O3/c1-13-3-2-4-17(21)19(13)24-20(27)14-9-15(22)11-16(10-14)23-18(26)12-25-5-7-28-8-6-25/h2-4,9-11H,5-8,12H2,1H3,(H,23,26)(H,24,27). The Labute approximate surface area is 167 Å². The summed E-state index contributed by atoms with van der Waals surface area (Å²) < 4.78 is 19.3. The number of amides is 2. The Kier molecular flexibility index (Phi) is 6.61. The number of morpholine rings is 1. The summed E-state index contributed by atoms with van der Waals surface area (Å²) in [5.74, 6) is -1.41. The Morgan fingerprint density at radius 2 is 1.93 bits per heavy atom. The van der Waals surface area contributed by atoms with E-state index >= 15 is 0 Å². The number of rotatable bonds is 5. The molecule has 0 spiro atoms. The molecule has 0 saturated carbocycles. The molecule has 8 heteroatoms. The van der Waals surface area contributed by atoms with Crippen molar-refractivity contribution in [2.24, 2.45) is 0 Å². The number of halogens is 2. The molecular formula is C20H21ClFN3O3. The molecule has 1 aliphatic heterocycles. The fourth-order valence-corrected chi connectivity index (χ4v) is 3.20. The van der Waals surface area contributed by atoms with Gasteiger partial charge in [0.25, 0.3) is 5.91 Å². The van der Waals surface area contributed by atoms with Gasteiger partial charge < -0.3 is 15.4 Å². The molecular weight excluding hydrogens is 385 g/mol. The predicted molar refractivity (Wildman–Crippen MR) is 106 cm³/mol. The highest BCUT2D eigenvalue weighted by atomic mass is 35.5. The van der Waals surface area contributed by atoms with E-state index in [2.05, 4.69) is 10.6 Å². The first-order valence-corrected chi connectivity index (χ1v) is 9.27. The lowest BCUT2D eigenvalue weighted by Gasteiger charge is -2.25. The van der Waals surface area contributed by atoms with Crippen molar-refractivity contribution in [2.75, 3.05) is 43.5 Å². The van der Waals surface area contributed by atoms with E-state index in [0.717, 1.165) is 11.6 Å². The third-order valence-corrected chi connectivity index (χ3v) is 4.69. The van der Waals surface area contributed by atoms with Gasteiger partial charge in [-0.05, 0) is 36.8 Å². The van der Waals surface area contributed by atoms with E-state index in [9.17, 15) is 14.0 Å². The molecule has 0 atom stereocenters. The van der Waals surface area contributed by atoms with Crippen molar-refractivity contribution in [3.05, 3.63) is 58.4 Å². The summed E-state index contributed by atoms with van der Waals surface area (Å²) in [4.78, 5) is 26.7. The SMILES string of the molecule is Cc1cccc(Cl)c1NC(=O)c1cc(F)cc(NC(=O)CN2CCOCC2)c1. The zero-order valence-electron chi connectivity index (χ0n) is 15.4. The molecule has 6 nitrogen and oxygen atoms in total. The van der Waals surface area contributed by atoms with Crippen LogP contribution in [-0.4, -0.2) is 49.6 Å². The van der Waals surface area contributed by atoms with Crippen LogP contribution in [0.3, 0.4) is 0 Å². The van der Waals surface area contributed by atoms with Crippen molar-refractivity contribution in [3.8, 4) is 0 Å². The lowest BCUT2D eigenvalue weighted by molar-refractivity contribution is -0.118. The first kappa shape index (κ1) is 20.3. The number of hydrogen-bond donors (Lipinski definition) is 2. The van der Waals surface area contributed by atoms with E-state index in [4.69, 9.17) is 16.3 Å². The molecule has 2 aromatic carbocycles. The Morgan fingerprint density at radius 3 is 2.64 bits per heavy atom. The van der Waals surface area contributed by atoms with Gasteiger partial charge in [0, 0.05) is 24.3 Å². The molecule has 148 valence electrons. The summed E-state index contributed by atoms with van der Waals surface area (Å²) >= 11 is 6.13. The van der Waals surface area contributed by atoms with Gasteiger partial charge in [0.1, 0.15) is 5.82 Å². The van der Waals surface area contributed by atoms with Crippen molar-refractivity contribution >= 4 is 34.8 Å². The van der Waals surface area contributed by atoms with Gasteiger partial charge in [-0.1, -0.05) is 23.7 Å². The maximum absolute atomic E-state index is 14.0. The molecule has 1 aliphatic rings. The topological polar surface area (TPSA) is 70.7 Å². The number of hydrogen-bond acceptors (Lipinski definition) is 4. The molecule has 1 fully saturated rings. The van der Waals surface area contributed by atoms with Crippen molar-refractivity contribution in [1.82, 2.24) is 4.90 Å². The normalized spacial score (nSPS) is 14.5. The van der Waals surface area contributed by atoms with Gasteiger partial charge in [-0.25, -0.2) is 4.39 Å². The third-order valence-electron chi connectivity index (χ3n) is 4.38. The van der Waals surface area contributed by atoms with Crippen LogP contribution in [0.15, 0.2) is 36.4 Å². The van der Waals surface area contributed by atoms with E-state index < -0.39 is 11.7 Å². The van der Waals surface area contributed by atoms with Gasteiger partial charge in [0.15, 0.2) is 0 Å². The van der Waals surface area contributed by atoms with Gasteiger partial charge in [-0.3, -0.25) is 14.5 Å². The fraction of sp³-hybridized carbons (Fsp3) is 0.300. The number of ether oxygens (including phenoxy) is 1. The largest absolute Gasteiger partial charge is 0.379 e. The number of para-hydroxylation sites is 1. The maximum Gasteiger partial charge on any atom is 0.255 e. The van der Waals surface area contributed by atoms with Crippen LogP contribution in [-0.2, 0) is 9.53 Å². The molecule has 0 radical (unpaired) electrons. The average Bonchev–Trinajstić information content (AvgIpc) is 2.65. The van der Waals surface area contributed by atoms with Gasteiger partial charge in [0.05, 0.1) is 30.5 Å². The van der Waals surface area contributed by atoms with E-state index in [1.165, 1.54) is 12.1 Å². The summed E-state index contributed by atoms with van der Waals surface area (Å²) in [6.07, 6.45) is 0. The zero-order valence-corrected chi connectivity index (χ0v) is 16.2. The molecule has 2 aromatic rings. The second-order valence-corrected chi connectivity index (χ2v) is 6.96. The summed E-state index contributed by atoms with van der Waals surface area (Å²) in [6.45, 7) is 4.49. The Balaban J connectivity index is 1.70. The summed E-state index contributed by atoms with van der Waals surface area (Å²) in [5, 5.41) is 5.73. The number of anilines is 2. The molecule has 0 unspecified atom stereocenters. The number of aryl methyl sites for hydroxylation is 1. The highest BCUT2D eigenvalue weighted by molar-refractivity contribution is 6.34. The Hall–Kier alpha value is -2.48. The first-order valence-electron chi connectivity index (χ1n) is 8.89. The van der Waals surface area contributed by atoms with Crippen LogP contribution < -0.4 is 10.6 Å². The van der Waals surface area contributed by atoms with E-state index in [-0.39, 0.29) is 23.7 Å². The number of carbonyl (C=O) groups excluding carboxylic acids is 2. The van der Waals surface area contributed by atoms with Gasteiger partial charge in [-0.15, -0.1) is 0 Å². The van der Waals surface area contributed by atoms with Crippen molar-refractivity contribution in [2.45, 2.75) is 6.92 Å². The minimum absolute atomic E-state index is 0.0843. The molecule has 1 saturated heterocycles. The van der Waals surface area contributed by atoms with Crippen LogP contribution in [0.4, 0.5) is 15.8 Å². The highest BCUT2D eigenvalue weighted by Gasteiger charge is 2.16. The molecule has 2 amide bonds. The van der Waals surface area contributed by atoms with Crippen molar-refractivity contribution in [3.63, 3.8) is 0 Å². The predicted octanol–water partition coefficient (Wildman–Crippen LogP) is 3.31. The van der Waals surface area contributed by atoms with Gasteiger partial charge in [0.2, 0.25) is 5.91 Å². The lowest BCUT2D eigenvalue weighted by atomic mass is 10.1. The minimum atomic E-state index is -0.620. The van der Waals surface area contributed by atoms with Crippen LogP contribution in [0.1, 0.15) is 15.9 Å². The summed E-state index contributed by atoms with van der Waals surface area (Å²) in [7, 11) is 0. The fourth-order valence-electron chi connectivity index (χ4n) is 2.93. The number of nitrogens with zero attached hydrogens (tertiary/aromatic N) is 1. The number of carbonyl (C=O) groups is 2.